The Hall–Kier alpha value is -0.000519. The fraction of sp³-hybridized carbons (Fsp3) is 0.429. The van der Waals surface area contributed by atoms with Gasteiger partial charge in [0.2, 0.25) is 0 Å². The van der Waals surface area contributed by atoms with Crippen molar-refractivity contribution in [3.05, 3.63) is 23.3 Å². The predicted molar refractivity (Wildman–Crippen MR) is 30.0 cm³/mol. The molecule has 0 aliphatic heterocycles. The summed E-state index contributed by atoms with van der Waals surface area (Å²) >= 11 is 0. The average molecular weight is 148 g/mol. The van der Waals surface area contributed by atoms with E-state index in [1.165, 1.54) is 19.3 Å². The summed E-state index contributed by atoms with van der Waals surface area (Å²) in [6.45, 7) is 0. The summed E-state index contributed by atoms with van der Waals surface area (Å²) < 4.78 is 0. The Morgan fingerprint density at radius 3 is 1.62 bits per heavy atom. The molecule has 0 spiro atoms. The Kier molecular flexibility index (Phi) is 1.59. The van der Waals surface area contributed by atoms with E-state index in [1.54, 1.807) is 11.1 Å². The van der Waals surface area contributed by atoms with Gasteiger partial charge in [0.05, 0.1) is 0 Å². The first-order valence-electron chi connectivity index (χ1n) is 2.82. The van der Waals surface area contributed by atoms with Crippen LogP contribution in [0.5, 0.6) is 0 Å². The van der Waals surface area contributed by atoms with E-state index in [2.05, 4.69) is 12.2 Å². The first-order chi connectivity index (χ1) is 3.45. The molecule has 0 aromatic heterocycles. The Bertz CT molecular complexity index is 136. The van der Waals surface area contributed by atoms with Gasteiger partial charge in [-0.25, -0.2) is 0 Å². The summed E-state index contributed by atoms with van der Waals surface area (Å²) in [6.07, 6.45) is 8.54. The van der Waals surface area contributed by atoms with Crippen LogP contribution < -0.4 is 0 Å². The molecular weight excluding hydrogens is 140 g/mol. The van der Waals surface area contributed by atoms with Crippen molar-refractivity contribution in [3.63, 3.8) is 0 Å². The van der Waals surface area contributed by atoms with Crippen LogP contribution in [0, 0.1) is 0 Å². The molecule has 2 aliphatic carbocycles. The summed E-state index contributed by atoms with van der Waals surface area (Å²) in [5.41, 5.74) is 3.30. The molecule has 0 aromatic carbocycles. The van der Waals surface area contributed by atoms with Crippen LogP contribution >= 0.6 is 0 Å². The maximum absolute atomic E-state index is 2.26. The summed E-state index contributed by atoms with van der Waals surface area (Å²) in [5.74, 6) is 0. The molecule has 2 aliphatic rings. The van der Waals surface area contributed by atoms with Crippen LogP contribution in [0.1, 0.15) is 19.3 Å². The van der Waals surface area contributed by atoms with Gasteiger partial charge in [-0.05, 0) is 19.3 Å². The topological polar surface area (TPSA) is 0 Å². The van der Waals surface area contributed by atoms with Gasteiger partial charge in [0.25, 0.3) is 0 Å². The molecule has 0 N–H and O–H groups in total. The van der Waals surface area contributed by atoms with Crippen molar-refractivity contribution >= 4 is 0 Å². The van der Waals surface area contributed by atoms with Crippen molar-refractivity contribution in [2.45, 2.75) is 19.3 Å². The Labute approximate surface area is 60.1 Å². The van der Waals surface area contributed by atoms with Crippen LogP contribution in [0.2, 0.25) is 0 Å². The molecule has 0 radical (unpaired) electrons. The van der Waals surface area contributed by atoms with E-state index < -0.39 is 0 Å². The third kappa shape index (κ3) is 0.765. The minimum Gasteiger partial charge on any atom is -0.0658 e. The van der Waals surface area contributed by atoms with Gasteiger partial charge < -0.3 is 0 Å². The normalized spacial score (nSPS) is 22.0. The standard InChI is InChI=1S/C7H8.Fe/c1-2-7-4-3-6(1)5-7;/h1-2H,3-5H2;. The SMILES string of the molecule is C1=C2CCC(=C1)C2.[Fe]. The van der Waals surface area contributed by atoms with E-state index in [9.17, 15) is 0 Å². The zero-order valence-electron chi connectivity index (χ0n) is 4.63. The molecule has 1 saturated carbocycles. The second-order valence-electron chi connectivity index (χ2n) is 2.33. The van der Waals surface area contributed by atoms with Gasteiger partial charge in [-0.15, -0.1) is 0 Å². The number of hydrogen-bond donors (Lipinski definition) is 0. The van der Waals surface area contributed by atoms with Gasteiger partial charge in [0.1, 0.15) is 0 Å². The number of rotatable bonds is 0. The van der Waals surface area contributed by atoms with E-state index in [4.69, 9.17) is 0 Å². The van der Waals surface area contributed by atoms with E-state index in [0.29, 0.717) is 0 Å². The van der Waals surface area contributed by atoms with Gasteiger partial charge in [-0.3, -0.25) is 0 Å². The van der Waals surface area contributed by atoms with Crippen molar-refractivity contribution in [3.8, 4) is 0 Å². The van der Waals surface area contributed by atoms with Crippen molar-refractivity contribution in [2.24, 2.45) is 0 Å². The zero-order valence-corrected chi connectivity index (χ0v) is 5.73. The summed E-state index contributed by atoms with van der Waals surface area (Å²) in [7, 11) is 0. The van der Waals surface area contributed by atoms with Gasteiger partial charge in [-0.1, -0.05) is 23.3 Å². The third-order valence-electron chi connectivity index (χ3n) is 1.78. The molecule has 44 valence electrons. The summed E-state index contributed by atoms with van der Waals surface area (Å²) in [6, 6.07) is 0. The second kappa shape index (κ2) is 2.08. The molecule has 0 heterocycles. The van der Waals surface area contributed by atoms with Crippen LogP contribution in [0.3, 0.4) is 0 Å². The Morgan fingerprint density at radius 1 is 1.00 bits per heavy atom. The van der Waals surface area contributed by atoms with Crippen molar-refractivity contribution < 1.29 is 17.1 Å². The van der Waals surface area contributed by atoms with E-state index in [0.717, 1.165) is 0 Å². The minimum absolute atomic E-state index is 0. The van der Waals surface area contributed by atoms with Crippen molar-refractivity contribution in [1.82, 2.24) is 0 Å². The van der Waals surface area contributed by atoms with Crippen LogP contribution in [0.15, 0.2) is 23.3 Å². The van der Waals surface area contributed by atoms with E-state index in [1.807, 2.05) is 0 Å². The molecule has 2 bridgehead atoms. The predicted octanol–water partition coefficient (Wildman–Crippen LogP) is 2.03. The van der Waals surface area contributed by atoms with Gasteiger partial charge >= 0.3 is 0 Å². The molecule has 0 nitrogen and oxygen atoms in total. The molecule has 2 rings (SSSR count). The van der Waals surface area contributed by atoms with Crippen LogP contribution in [0.25, 0.3) is 0 Å². The first kappa shape index (κ1) is 6.12. The monoisotopic (exact) mass is 148 g/mol. The van der Waals surface area contributed by atoms with Crippen LogP contribution in [-0.4, -0.2) is 0 Å². The van der Waals surface area contributed by atoms with E-state index in [-0.39, 0.29) is 17.1 Å². The van der Waals surface area contributed by atoms with Crippen LogP contribution in [0.4, 0.5) is 0 Å². The maximum Gasteiger partial charge on any atom is 0 e. The zero-order chi connectivity index (χ0) is 4.69. The number of hydrogen-bond acceptors (Lipinski definition) is 0. The number of fused-ring (bicyclic) bond motifs is 2. The average Bonchev–Trinajstić information content (AvgIpc) is 2.22. The van der Waals surface area contributed by atoms with Gasteiger partial charge in [0.15, 0.2) is 0 Å². The summed E-state index contributed by atoms with van der Waals surface area (Å²) in [5, 5.41) is 0. The smallest absolute Gasteiger partial charge is 0 e. The Morgan fingerprint density at radius 2 is 1.50 bits per heavy atom. The first-order valence-corrected chi connectivity index (χ1v) is 2.82. The molecule has 0 saturated heterocycles. The van der Waals surface area contributed by atoms with Gasteiger partial charge in [0, 0.05) is 17.1 Å². The second-order valence-corrected chi connectivity index (χ2v) is 2.33. The third-order valence-corrected chi connectivity index (χ3v) is 1.78. The van der Waals surface area contributed by atoms with Crippen LogP contribution in [-0.2, 0) is 17.1 Å². The quantitative estimate of drug-likeness (QED) is 0.461. The molecular formula is C7H8Fe. The molecule has 0 unspecified atom stereocenters. The number of allylic oxidation sites excluding steroid dienone is 4. The molecule has 0 amide bonds. The van der Waals surface area contributed by atoms with E-state index >= 15 is 0 Å². The molecule has 8 heavy (non-hydrogen) atoms. The fourth-order valence-corrected chi connectivity index (χ4v) is 1.31. The van der Waals surface area contributed by atoms with Crippen molar-refractivity contribution in [1.29, 1.82) is 0 Å². The van der Waals surface area contributed by atoms with Crippen molar-refractivity contribution in [2.75, 3.05) is 0 Å². The Balaban J connectivity index is 0.000000320. The maximum atomic E-state index is 2.26. The molecule has 0 aromatic rings. The molecule has 1 heteroatoms. The molecule has 0 atom stereocenters. The largest absolute Gasteiger partial charge is 0.0658 e. The molecule has 1 fully saturated rings. The fourth-order valence-electron chi connectivity index (χ4n) is 1.31. The minimum atomic E-state index is 0. The van der Waals surface area contributed by atoms with Gasteiger partial charge in [-0.2, -0.15) is 0 Å². The summed E-state index contributed by atoms with van der Waals surface area (Å²) in [4.78, 5) is 0.